The van der Waals surface area contributed by atoms with Crippen LogP contribution < -0.4 is 5.32 Å². The van der Waals surface area contributed by atoms with Crippen LogP contribution in [-0.2, 0) is 6.54 Å². The van der Waals surface area contributed by atoms with Crippen LogP contribution in [0.15, 0.2) is 16.0 Å². The van der Waals surface area contributed by atoms with E-state index in [1.54, 1.807) is 0 Å². The van der Waals surface area contributed by atoms with E-state index in [2.05, 4.69) is 16.9 Å². The van der Waals surface area contributed by atoms with E-state index in [1.165, 1.54) is 0 Å². The fourth-order valence-corrected chi connectivity index (χ4v) is 1.01. The molecule has 0 fully saturated rings. The Morgan fingerprint density at radius 1 is 1.62 bits per heavy atom. The van der Waals surface area contributed by atoms with Crippen molar-refractivity contribution in [2.45, 2.75) is 20.4 Å². The summed E-state index contributed by atoms with van der Waals surface area (Å²) in [5.74, 6) is 1.55. The average molecular weight is 201 g/mol. The maximum Gasteiger partial charge on any atom is 0.208 e. The lowest BCUT2D eigenvalue weighted by molar-refractivity contribution is 0.454. The van der Waals surface area contributed by atoms with Crippen LogP contribution in [0.5, 0.6) is 0 Å². The van der Waals surface area contributed by atoms with Crippen LogP contribution >= 0.6 is 11.6 Å². The second-order valence-corrected chi connectivity index (χ2v) is 3.40. The molecule has 0 atom stereocenters. The van der Waals surface area contributed by atoms with Gasteiger partial charge in [-0.15, -0.1) is 0 Å². The molecule has 0 aliphatic rings. The number of hydrogen-bond donors (Lipinski definition) is 1. The number of nitrogens with zero attached hydrogens (tertiary/aromatic N) is 1. The minimum absolute atomic E-state index is 0.571. The Balaban J connectivity index is 2.41. The van der Waals surface area contributed by atoms with Crippen molar-refractivity contribution in [3.63, 3.8) is 0 Å². The van der Waals surface area contributed by atoms with Gasteiger partial charge >= 0.3 is 0 Å². The molecule has 0 aliphatic heterocycles. The molecule has 0 aliphatic carbocycles. The molecule has 1 heterocycles. The highest BCUT2D eigenvalue weighted by atomic mass is 35.5. The molecule has 0 aromatic carbocycles. The minimum atomic E-state index is 0.571. The molecular weight excluding hydrogens is 188 g/mol. The molecule has 1 aromatic heterocycles. The maximum atomic E-state index is 5.57. The molecule has 4 heteroatoms. The van der Waals surface area contributed by atoms with Crippen molar-refractivity contribution in [1.82, 2.24) is 10.3 Å². The lowest BCUT2D eigenvalue weighted by atomic mass is 10.4. The van der Waals surface area contributed by atoms with E-state index < -0.39 is 0 Å². The largest absolute Gasteiger partial charge is 0.444 e. The van der Waals surface area contributed by atoms with Gasteiger partial charge in [0.05, 0.1) is 12.2 Å². The standard InChI is InChI=1S/C9H13ClN2O/c1-6(10)4-11-5-9-12-7(2)8(3)13-9/h11H,1,4-5H2,2-3H3. The zero-order chi connectivity index (χ0) is 9.84. The van der Waals surface area contributed by atoms with Gasteiger partial charge < -0.3 is 9.73 Å². The fourth-order valence-electron chi connectivity index (χ4n) is 0.920. The van der Waals surface area contributed by atoms with E-state index in [0.29, 0.717) is 24.0 Å². The number of aromatic nitrogens is 1. The Hall–Kier alpha value is -0.800. The van der Waals surface area contributed by atoms with E-state index in [1.807, 2.05) is 13.8 Å². The second kappa shape index (κ2) is 4.44. The Kier molecular flexibility index (Phi) is 3.51. The highest BCUT2D eigenvalue weighted by molar-refractivity contribution is 6.29. The molecule has 0 saturated carbocycles. The zero-order valence-corrected chi connectivity index (χ0v) is 8.61. The van der Waals surface area contributed by atoms with Gasteiger partial charge in [0.15, 0.2) is 0 Å². The molecule has 1 rings (SSSR count). The van der Waals surface area contributed by atoms with Gasteiger partial charge in [-0.2, -0.15) is 0 Å². The molecule has 0 amide bonds. The molecule has 13 heavy (non-hydrogen) atoms. The third kappa shape index (κ3) is 3.20. The van der Waals surface area contributed by atoms with Gasteiger partial charge in [-0.1, -0.05) is 18.2 Å². The molecule has 0 radical (unpaired) electrons. The molecule has 1 aromatic rings. The van der Waals surface area contributed by atoms with Gasteiger partial charge in [0, 0.05) is 11.6 Å². The number of rotatable bonds is 4. The smallest absolute Gasteiger partial charge is 0.208 e. The van der Waals surface area contributed by atoms with Crippen molar-refractivity contribution in [1.29, 1.82) is 0 Å². The Labute approximate surface area is 82.8 Å². The third-order valence-corrected chi connectivity index (χ3v) is 1.80. The summed E-state index contributed by atoms with van der Waals surface area (Å²) in [5.41, 5.74) is 0.932. The maximum absolute atomic E-state index is 5.57. The van der Waals surface area contributed by atoms with Crippen LogP contribution in [0.1, 0.15) is 17.3 Å². The number of oxazole rings is 1. The van der Waals surface area contributed by atoms with Crippen LogP contribution in [0.2, 0.25) is 0 Å². The van der Waals surface area contributed by atoms with Crippen molar-refractivity contribution in [3.05, 3.63) is 29.0 Å². The van der Waals surface area contributed by atoms with Gasteiger partial charge in [0.25, 0.3) is 0 Å². The SMILES string of the molecule is C=C(Cl)CNCc1nc(C)c(C)o1. The fraction of sp³-hybridized carbons (Fsp3) is 0.444. The van der Waals surface area contributed by atoms with Crippen molar-refractivity contribution in [2.24, 2.45) is 0 Å². The summed E-state index contributed by atoms with van der Waals surface area (Å²) in [7, 11) is 0. The zero-order valence-electron chi connectivity index (χ0n) is 7.85. The summed E-state index contributed by atoms with van der Waals surface area (Å²) in [6.45, 7) is 8.53. The first kappa shape index (κ1) is 10.3. The highest BCUT2D eigenvalue weighted by Gasteiger charge is 2.03. The molecule has 1 N–H and O–H groups in total. The number of aryl methyl sites for hydroxylation is 2. The van der Waals surface area contributed by atoms with Crippen LogP contribution in [0.3, 0.4) is 0 Å². The van der Waals surface area contributed by atoms with Crippen LogP contribution in [0.4, 0.5) is 0 Å². The molecule has 0 bridgehead atoms. The molecule has 0 spiro atoms. The topological polar surface area (TPSA) is 38.1 Å². The molecule has 0 saturated heterocycles. The highest BCUT2D eigenvalue weighted by Crippen LogP contribution is 2.07. The summed E-state index contributed by atoms with van der Waals surface area (Å²) in [6.07, 6.45) is 0. The van der Waals surface area contributed by atoms with E-state index in [0.717, 1.165) is 11.5 Å². The van der Waals surface area contributed by atoms with E-state index in [9.17, 15) is 0 Å². The van der Waals surface area contributed by atoms with Gasteiger partial charge in [-0.3, -0.25) is 0 Å². The van der Waals surface area contributed by atoms with Crippen LogP contribution in [-0.4, -0.2) is 11.5 Å². The minimum Gasteiger partial charge on any atom is -0.444 e. The van der Waals surface area contributed by atoms with E-state index >= 15 is 0 Å². The third-order valence-electron chi connectivity index (χ3n) is 1.67. The first-order valence-corrected chi connectivity index (χ1v) is 4.44. The molecule has 72 valence electrons. The summed E-state index contributed by atoms with van der Waals surface area (Å²) in [5, 5.41) is 3.64. The average Bonchev–Trinajstić information content (AvgIpc) is 2.30. The van der Waals surface area contributed by atoms with Crippen molar-refractivity contribution < 1.29 is 4.42 Å². The van der Waals surface area contributed by atoms with E-state index in [-0.39, 0.29) is 0 Å². The Bertz CT molecular complexity index is 287. The first-order chi connectivity index (χ1) is 6.09. The monoisotopic (exact) mass is 200 g/mol. The Morgan fingerprint density at radius 3 is 2.77 bits per heavy atom. The summed E-state index contributed by atoms with van der Waals surface area (Å²) < 4.78 is 5.35. The van der Waals surface area contributed by atoms with E-state index in [4.69, 9.17) is 16.0 Å². The first-order valence-electron chi connectivity index (χ1n) is 4.06. The quantitative estimate of drug-likeness (QED) is 0.809. The van der Waals surface area contributed by atoms with Crippen LogP contribution in [0, 0.1) is 13.8 Å². The molecule has 0 unspecified atom stereocenters. The number of hydrogen-bond acceptors (Lipinski definition) is 3. The van der Waals surface area contributed by atoms with Gasteiger partial charge in [-0.05, 0) is 13.8 Å². The number of halogens is 1. The lowest BCUT2D eigenvalue weighted by Crippen LogP contribution is -2.14. The second-order valence-electron chi connectivity index (χ2n) is 2.87. The van der Waals surface area contributed by atoms with Gasteiger partial charge in [0.2, 0.25) is 5.89 Å². The van der Waals surface area contributed by atoms with Gasteiger partial charge in [0.1, 0.15) is 5.76 Å². The van der Waals surface area contributed by atoms with Crippen molar-refractivity contribution in [3.8, 4) is 0 Å². The predicted molar refractivity (Wildman–Crippen MR) is 52.7 cm³/mol. The van der Waals surface area contributed by atoms with Crippen molar-refractivity contribution in [2.75, 3.05) is 6.54 Å². The summed E-state index contributed by atoms with van der Waals surface area (Å²) in [6, 6.07) is 0. The van der Waals surface area contributed by atoms with Crippen LogP contribution in [0.25, 0.3) is 0 Å². The van der Waals surface area contributed by atoms with Crippen molar-refractivity contribution >= 4 is 11.6 Å². The molecule has 3 nitrogen and oxygen atoms in total. The van der Waals surface area contributed by atoms with Gasteiger partial charge in [-0.25, -0.2) is 4.98 Å². The predicted octanol–water partition coefficient (Wildman–Crippen LogP) is 2.13. The Morgan fingerprint density at radius 2 is 2.31 bits per heavy atom. The number of nitrogens with one attached hydrogen (secondary N) is 1. The lowest BCUT2D eigenvalue weighted by Gasteiger charge is -1.97. The normalized spacial score (nSPS) is 10.4. The molecular formula is C9H13ClN2O. The summed E-state index contributed by atoms with van der Waals surface area (Å²) in [4.78, 5) is 4.21. The summed E-state index contributed by atoms with van der Waals surface area (Å²) >= 11 is 5.57.